The van der Waals surface area contributed by atoms with E-state index in [1.807, 2.05) is 19.1 Å². The molecule has 1 fully saturated rings. The van der Waals surface area contributed by atoms with Crippen molar-refractivity contribution in [1.29, 1.82) is 0 Å². The first-order valence-corrected chi connectivity index (χ1v) is 9.05. The summed E-state index contributed by atoms with van der Waals surface area (Å²) >= 11 is 0. The van der Waals surface area contributed by atoms with E-state index in [-0.39, 0.29) is 5.75 Å². The van der Waals surface area contributed by atoms with Crippen molar-refractivity contribution in [3.63, 3.8) is 0 Å². The molecule has 1 saturated heterocycles. The zero-order chi connectivity index (χ0) is 14.4. The number of hydrogen-bond acceptors (Lipinski definition) is 4. The molecule has 112 valence electrons. The quantitative estimate of drug-likeness (QED) is 0.845. The van der Waals surface area contributed by atoms with Crippen LogP contribution in [-0.2, 0) is 9.84 Å². The summed E-state index contributed by atoms with van der Waals surface area (Å²) in [5.74, 6) is 0.780. The molecular weight excluding hydrogens is 272 g/mol. The molecule has 1 aliphatic heterocycles. The van der Waals surface area contributed by atoms with Gasteiger partial charge in [0.25, 0.3) is 0 Å². The number of piperidine rings is 1. The van der Waals surface area contributed by atoms with Crippen molar-refractivity contribution in [3.05, 3.63) is 24.3 Å². The lowest BCUT2D eigenvalue weighted by atomic mass is 10.00. The van der Waals surface area contributed by atoms with E-state index >= 15 is 0 Å². The van der Waals surface area contributed by atoms with Crippen molar-refractivity contribution in [1.82, 2.24) is 5.32 Å². The summed E-state index contributed by atoms with van der Waals surface area (Å²) in [4.78, 5) is 0.436. The van der Waals surface area contributed by atoms with Crippen LogP contribution >= 0.6 is 0 Å². The first-order chi connectivity index (χ1) is 9.63. The summed E-state index contributed by atoms with van der Waals surface area (Å²) in [5.41, 5.74) is 0.742. The zero-order valence-electron chi connectivity index (χ0n) is 12.1. The molecule has 1 unspecified atom stereocenters. The lowest BCUT2D eigenvalue weighted by Crippen LogP contribution is -2.33. The van der Waals surface area contributed by atoms with Crippen molar-refractivity contribution in [3.8, 4) is 0 Å². The first-order valence-electron chi connectivity index (χ1n) is 7.40. The van der Waals surface area contributed by atoms with Gasteiger partial charge in [0.1, 0.15) is 0 Å². The van der Waals surface area contributed by atoms with E-state index in [0.29, 0.717) is 17.2 Å². The van der Waals surface area contributed by atoms with Crippen LogP contribution in [0.15, 0.2) is 29.2 Å². The van der Waals surface area contributed by atoms with Crippen molar-refractivity contribution >= 4 is 15.5 Å². The Balaban J connectivity index is 2.07. The third-order valence-corrected chi connectivity index (χ3v) is 5.65. The molecule has 0 saturated carbocycles. The van der Waals surface area contributed by atoms with E-state index in [1.165, 1.54) is 12.8 Å². The minimum atomic E-state index is -3.17. The number of hydrogen-bond donors (Lipinski definition) is 2. The number of benzene rings is 1. The van der Waals surface area contributed by atoms with E-state index in [1.54, 1.807) is 12.1 Å². The molecule has 1 aromatic carbocycles. The number of para-hydroxylation sites is 1. The molecule has 0 aromatic heterocycles. The van der Waals surface area contributed by atoms with E-state index in [4.69, 9.17) is 0 Å². The Bertz CT molecular complexity index is 522. The van der Waals surface area contributed by atoms with Gasteiger partial charge in [0.2, 0.25) is 0 Å². The summed E-state index contributed by atoms with van der Waals surface area (Å²) in [6, 6.07) is 7.23. The Morgan fingerprint density at radius 2 is 2.15 bits per heavy atom. The number of nitrogens with one attached hydrogen (secondary N) is 2. The second kappa shape index (κ2) is 7.09. The zero-order valence-corrected chi connectivity index (χ0v) is 12.9. The highest BCUT2D eigenvalue weighted by Crippen LogP contribution is 2.23. The molecule has 0 aliphatic carbocycles. The van der Waals surface area contributed by atoms with Crippen molar-refractivity contribution in [2.45, 2.75) is 31.1 Å². The minimum absolute atomic E-state index is 0.205. The first kappa shape index (κ1) is 15.3. The number of sulfone groups is 1. The highest BCUT2D eigenvalue weighted by molar-refractivity contribution is 7.91. The molecule has 5 heteroatoms. The summed E-state index contributed by atoms with van der Waals surface area (Å²) in [6.45, 7) is 4.82. The average Bonchev–Trinajstić information content (AvgIpc) is 2.46. The molecule has 2 N–H and O–H groups in total. The Morgan fingerprint density at radius 3 is 2.85 bits per heavy atom. The van der Waals surface area contributed by atoms with Crippen LogP contribution in [0.4, 0.5) is 5.69 Å². The van der Waals surface area contributed by atoms with Gasteiger partial charge in [0.15, 0.2) is 9.84 Å². The molecule has 0 bridgehead atoms. The Morgan fingerprint density at radius 1 is 1.35 bits per heavy atom. The molecule has 2 rings (SSSR count). The lowest BCUT2D eigenvalue weighted by Gasteiger charge is -2.24. The maximum atomic E-state index is 12.3. The molecule has 1 aliphatic rings. The van der Waals surface area contributed by atoms with Gasteiger partial charge in [0, 0.05) is 6.54 Å². The Hall–Kier alpha value is -1.07. The highest BCUT2D eigenvalue weighted by atomic mass is 32.2. The maximum absolute atomic E-state index is 12.3. The topological polar surface area (TPSA) is 58.2 Å². The van der Waals surface area contributed by atoms with Gasteiger partial charge in [-0.15, -0.1) is 0 Å². The van der Waals surface area contributed by atoms with Crippen LogP contribution in [0.25, 0.3) is 0 Å². The van der Waals surface area contributed by atoms with Crippen LogP contribution in [0.5, 0.6) is 0 Å². The maximum Gasteiger partial charge on any atom is 0.180 e. The second-order valence-corrected chi connectivity index (χ2v) is 7.49. The molecule has 0 spiro atoms. The largest absolute Gasteiger partial charge is 0.384 e. The normalized spacial score (nSPS) is 19.8. The predicted molar refractivity (Wildman–Crippen MR) is 82.9 cm³/mol. The number of anilines is 1. The van der Waals surface area contributed by atoms with Gasteiger partial charge < -0.3 is 10.6 Å². The Kier molecular flexibility index (Phi) is 5.43. The van der Waals surface area contributed by atoms with Crippen LogP contribution in [0, 0.1) is 5.92 Å². The molecule has 1 heterocycles. The fraction of sp³-hybridized carbons (Fsp3) is 0.600. The van der Waals surface area contributed by atoms with E-state index < -0.39 is 9.84 Å². The Labute approximate surface area is 121 Å². The van der Waals surface area contributed by atoms with Crippen molar-refractivity contribution in [2.75, 3.05) is 30.7 Å². The SMILES string of the molecule is CCCS(=O)(=O)c1ccccc1NCC1CCCNC1. The van der Waals surface area contributed by atoms with Gasteiger partial charge in [-0.1, -0.05) is 19.1 Å². The predicted octanol–water partition coefficient (Wildman–Crippen LogP) is 2.28. The monoisotopic (exact) mass is 296 g/mol. The molecule has 4 nitrogen and oxygen atoms in total. The van der Waals surface area contributed by atoms with Gasteiger partial charge >= 0.3 is 0 Å². The van der Waals surface area contributed by atoms with Crippen LogP contribution in [0.1, 0.15) is 26.2 Å². The summed E-state index contributed by atoms with van der Waals surface area (Å²) in [7, 11) is -3.17. The van der Waals surface area contributed by atoms with E-state index in [0.717, 1.165) is 25.3 Å². The van der Waals surface area contributed by atoms with Crippen LogP contribution in [0.3, 0.4) is 0 Å². The number of rotatable bonds is 6. The van der Waals surface area contributed by atoms with Crippen LogP contribution in [-0.4, -0.2) is 33.8 Å². The average molecular weight is 296 g/mol. The summed E-state index contributed by atoms with van der Waals surface area (Å²) in [5, 5.41) is 6.71. The molecule has 1 aromatic rings. The fourth-order valence-corrected chi connectivity index (χ4v) is 4.13. The third-order valence-electron chi connectivity index (χ3n) is 3.68. The third kappa shape index (κ3) is 3.96. The van der Waals surface area contributed by atoms with E-state index in [2.05, 4.69) is 10.6 Å². The lowest BCUT2D eigenvalue weighted by molar-refractivity contribution is 0.392. The standard InChI is InChI=1S/C15H24N2O2S/c1-2-10-20(18,19)15-8-4-3-7-14(15)17-12-13-6-5-9-16-11-13/h3-4,7-8,13,16-17H,2,5-6,9-12H2,1H3. The smallest absolute Gasteiger partial charge is 0.180 e. The fourth-order valence-electron chi connectivity index (χ4n) is 2.62. The molecule has 20 heavy (non-hydrogen) atoms. The molecule has 1 atom stereocenters. The van der Waals surface area contributed by atoms with Crippen LogP contribution < -0.4 is 10.6 Å². The van der Waals surface area contributed by atoms with Gasteiger partial charge in [0.05, 0.1) is 16.3 Å². The summed E-state index contributed by atoms with van der Waals surface area (Å²) in [6.07, 6.45) is 3.04. The summed E-state index contributed by atoms with van der Waals surface area (Å²) < 4.78 is 24.5. The van der Waals surface area contributed by atoms with Crippen LogP contribution in [0.2, 0.25) is 0 Å². The minimum Gasteiger partial charge on any atom is -0.384 e. The molecule has 0 radical (unpaired) electrons. The van der Waals surface area contributed by atoms with Gasteiger partial charge in [-0.2, -0.15) is 0 Å². The van der Waals surface area contributed by atoms with Gasteiger partial charge in [-0.3, -0.25) is 0 Å². The molecule has 0 amide bonds. The van der Waals surface area contributed by atoms with Gasteiger partial charge in [-0.25, -0.2) is 8.42 Å². The molecular formula is C15H24N2O2S. The van der Waals surface area contributed by atoms with Crippen molar-refractivity contribution < 1.29 is 8.42 Å². The second-order valence-electron chi connectivity index (χ2n) is 5.41. The highest BCUT2D eigenvalue weighted by Gasteiger charge is 2.18. The van der Waals surface area contributed by atoms with E-state index in [9.17, 15) is 8.42 Å². The van der Waals surface area contributed by atoms with Gasteiger partial charge in [-0.05, 0) is 50.4 Å². The van der Waals surface area contributed by atoms with Crippen molar-refractivity contribution in [2.24, 2.45) is 5.92 Å².